The van der Waals surface area contributed by atoms with Crippen LogP contribution in [0.2, 0.25) is 0 Å². The number of amides is 1. The number of methoxy groups -OCH3 is 2. The van der Waals surface area contributed by atoms with Crippen LogP contribution in [0.15, 0.2) is 24.3 Å². The molecule has 0 bridgehead atoms. The van der Waals surface area contributed by atoms with Gasteiger partial charge in [0.15, 0.2) is 0 Å². The van der Waals surface area contributed by atoms with E-state index in [-0.39, 0.29) is 24.2 Å². The summed E-state index contributed by atoms with van der Waals surface area (Å²) in [6, 6.07) is 7.85. The molecule has 6 heteroatoms. The molecule has 0 spiro atoms. The van der Waals surface area contributed by atoms with E-state index < -0.39 is 0 Å². The molecule has 1 aromatic rings. The minimum Gasteiger partial charge on any atom is -0.497 e. The lowest BCUT2D eigenvalue weighted by atomic mass is 9.97. The van der Waals surface area contributed by atoms with Crippen LogP contribution >= 0.6 is 12.4 Å². The Bertz CT molecular complexity index is 412. The van der Waals surface area contributed by atoms with Crippen molar-refractivity contribution in [2.75, 3.05) is 40.5 Å². The van der Waals surface area contributed by atoms with Crippen LogP contribution in [0.4, 0.5) is 0 Å². The highest BCUT2D eigenvalue weighted by Gasteiger charge is 2.10. The summed E-state index contributed by atoms with van der Waals surface area (Å²) in [6.07, 6.45) is 0.490. The fraction of sp³-hybridized carbons (Fsp3) is 0.562. The molecule has 22 heavy (non-hydrogen) atoms. The summed E-state index contributed by atoms with van der Waals surface area (Å²) in [7, 11) is 3.32. The summed E-state index contributed by atoms with van der Waals surface area (Å²) in [4.78, 5) is 11.9. The molecule has 0 aliphatic carbocycles. The van der Waals surface area contributed by atoms with Gasteiger partial charge in [-0.05, 0) is 23.6 Å². The lowest BCUT2D eigenvalue weighted by Crippen LogP contribution is -2.33. The largest absolute Gasteiger partial charge is 0.497 e. The highest BCUT2D eigenvalue weighted by Crippen LogP contribution is 2.21. The maximum atomic E-state index is 11.9. The van der Waals surface area contributed by atoms with Crippen LogP contribution in [0.5, 0.6) is 5.75 Å². The first kappa shape index (κ1) is 20.7. The van der Waals surface area contributed by atoms with Gasteiger partial charge in [-0.25, -0.2) is 0 Å². The molecule has 5 nitrogen and oxygen atoms in total. The molecule has 1 rings (SSSR count). The summed E-state index contributed by atoms with van der Waals surface area (Å²) >= 11 is 0. The van der Waals surface area contributed by atoms with E-state index in [9.17, 15) is 4.79 Å². The number of halogens is 1. The molecule has 0 aromatic heterocycles. The molecule has 0 fully saturated rings. The van der Waals surface area contributed by atoms with Crippen molar-refractivity contribution in [3.63, 3.8) is 0 Å². The van der Waals surface area contributed by atoms with E-state index in [1.54, 1.807) is 14.2 Å². The Morgan fingerprint density at radius 1 is 1.14 bits per heavy atom. The van der Waals surface area contributed by atoms with Crippen LogP contribution in [-0.4, -0.2) is 46.4 Å². The van der Waals surface area contributed by atoms with Crippen molar-refractivity contribution in [2.45, 2.75) is 19.3 Å². The Labute approximate surface area is 139 Å². The van der Waals surface area contributed by atoms with Crippen molar-refractivity contribution in [1.29, 1.82) is 0 Å². The van der Waals surface area contributed by atoms with Crippen LogP contribution in [0.3, 0.4) is 0 Å². The van der Waals surface area contributed by atoms with Crippen molar-refractivity contribution < 1.29 is 14.3 Å². The number of benzene rings is 1. The van der Waals surface area contributed by atoms with Crippen molar-refractivity contribution in [2.24, 2.45) is 0 Å². The second kappa shape index (κ2) is 12.3. The molecule has 0 aliphatic rings. The lowest BCUT2D eigenvalue weighted by Gasteiger charge is -2.13. The van der Waals surface area contributed by atoms with Crippen molar-refractivity contribution in [1.82, 2.24) is 10.6 Å². The molecule has 0 heterocycles. The minimum atomic E-state index is 0. The smallest absolute Gasteiger partial charge is 0.220 e. The van der Waals surface area contributed by atoms with Gasteiger partial charge in [-0.1, -0.05) is 19.1 Å². The third kappa shape index (κ3) is 8.22. The fourth-order valence-corrected chi connectivity index (χ4v) is 1.99. The van der Waals surface area contributed by atoms with Crippen molar-refractivity contribution in [3.8, 4) is 5.75 Å². The third-order valence-corrected chi connectivity index (χ3v) is 3.28. The van der Waals surface area contributed by atoms with Crippen LogP contribution < -0.4 is 15.4 Å². The number of carbonyl (C=O) groups excluding carboxylic acids is 1. The quantitative estimate of drug-likeness (QED) is 0.644. The molecule has 1 atom stereocenters. The predicted octanol–water partition coefficient (Wildman–Crippen LogP) is 1.96. The molecule has 1 aromatic carbocycles. The Hall–Kier alpha value is -1.30. The van der Waals surface area contributed by atoms with Crippen molar-refractivity contribution >= 4 is 18.3 Å². The van der Waals surface area contributed by atoms with E-state index >= 15 is 0 Å². The van der Waals surface area contributed by atoms with Crippen LogP contribution in [-0.2, 0) is 9.53 Å². The fourth-order valence-electron chi connectivity index (χ4n) is 1.99. The lowest BCUT2D eigenvalue weighted by molar-refractivity contribution is -0.121. The maximum Gasteiger partial charge on any atom is 0.220 e. The molecule has 126 valence electrons. The Kier molecular flexibility index (Phi) is 11.5. The van der Waals surface area contributed by atoms with Gasteiger partial charge in [-0.2, -0.15) is 0 Å². The zero-order chi connectivity index (χ0) is 15.5. The third-order valence-electron chi connectivity index (χ3n) is 3.28. The van der Waals surface area contributed by atoms with Crippen LogP contribution in [0.1, 0.15) is 24.8 Å². The van der Waals surface area contributed by atoms with Gasteiger partial charge >= 0.3 is 0 Å². The second-order valence-corrected chi connectivity index (χ2v) is 4.97. The van der Waals surface area contributed by atoms with Gasteiger partial charge in [0, 0.05) is 33.2 Å². The van der Waals surface area contributed by atoms with E-state index in [1.165, 1.54) is 0 Å². The summed E-state index contributed by atoms with van der Waals surface area (Å²) in [5.74, 6) is 1.10. The van der Waals surface area contributed by atoms with E-state index in [0.29, 0.717) is 19.6 Å². The second-order valence-electron chi connectivity index (χ2n) is 4.97. The number of rotatable bonds is 10. The molecule has 0 radical (unpaired) electrons. The number of carbonyl (C=O) groups is 1. The van der Waals surface area contributed by atoms with Gasteiger partial charge < -0.3 is 20.1 Å². The summed E-state index contributed by atoms with van der Waals surface area (Å²) in [6.45, 7) is 4.93. The zero-order valence-corrected chi connectivity index (χ0v) is 14.4. The molecule has 1 amide bonds. The molecule has 0 aliphatic heterocycles. The van der Waals surface area contributed by atoms with Gasteiger partial charge in [-0.15, -0.1) is 12.4 Å². The first-order valence-electron chi connectivity index (χ1n) is 7.27. The molecule has 1 unspecified atom stereocenters. The number of nitrogens with one attached hydrogen (secondary N) is 2. The number of ether oxygens (including phenoxy) is 2. The number of hydrogen-bond donors (Lipinski definition) is 2. The van der Waals surface area contributed by atoms with Gasteiger partial charge in [-0.3, -0.25) is 4.79 Å². The van der Waals surface area contributed by atoms with Crippen LogP contribution in [0, 0.1) is 0 Å². The Morgan fingerprint density at radius 3 is 2.41 bits per heavy atom. The predicted molar refractivity (Wildman–Crippen MR) is 91.0 cm³/mol. The minimum absolute atomic E-state index is 0. The average molecular weight is 331 g/mol. The SMILES string of the molecule is COCCNCCNC(=O)CC(C)c1ccc(OC)cc1.Cl. The molecular formula is C16H27ClN2O3. The molecular weight excluding hydrogens is 304 g/mol. The molecule has 2 N–H and O–H groups in total. The normalized spacial score (nSPS) is 11.4. The summed E-state index contributed by atoms with van der Waals surface area (Å²) < 4.78 is 10.1. The Morgan fingerprint density at radius 2 is 1.82 bits per heavy atom. The first-order chi connectivity index (χ1) is 10.2. The van der Waals surface area contributed by atoms with Gasteiger partial charge in [0.2, 0.25) is 5.91 Å². The van der Waals surface area contributed by atoms with E-state index in [2.05, 4.69) is 17.6 Å². The van der Waals surface area contributed by atoms with Crippen molar-refractivity contribution in [3.05, 3.63) is 29.8 Å². The highest BCUT2D eigenvalue weighted by atomic mass is 35.5. The van der Waals surface area contributed by atoms with Gasteiger partial charge in [0.05, 0.1) is 13.7 Å². The summed E-state index contributed by atoms with van der Waals surface area (Å²) in [5.41, 5.74) is 1.14. The summed E-state index contributed by atoms with van der Waals surface area (Å²) in [5, 5.41) is 6.10. The maximum absolute atomic E-state index is 11.9. The van der Waals surface area contributed by atoms with E-state index in [1.807, 2.05) is 24.3 Å². The monoisotopic (exact) mass is 330 g/mol. The molecule has 0 saturated heterocycles. The van der Waals surface area contributed by atoms with Crippen LogP contribution in [0.25, 0.3) is 0 Å². The van der Waals surface area contributed by atoms with E-state index in [4.69, 9.17) is 9.47 Å². The zero-order valence-electron chi connectivity index (χ0n) is 13.6. The topological polar surface area (TPSA) is 59.6 Å². The standard InChI is InChI=1S/C16H26N2O3.ClH/c1-13(14-4-6-15(21-3)7-5-14)12-16(19)18-9-8-17-10-11-20-2;/h4-7,13,17H,8-12H2,1-3H3,(H,18,19);1H. The average Bonchev–Trinajstić information content (AvgIpc) is 2.50. The Balaban J connectivity index is 0.00000441. The van der Waals surface area contributed by atoms with Gasteiger partial charge in [0.1, 0.15) is 5.75 Å². The van der Waals surface area contributed by atoms with E-state index in [0.717, 1.165) is 24.4 Å². The number of hydrogen-bond acceptors (Lipinski definition) is 4. The highest BCUT2D eigenvalue weighted by molar-refractivity contribution is 5.85. The van der Waals surface area contributed by atoms with Gasteiger partial charge in [0.25, 0.3) is 0 Å². The first-order valence-corrected chi connectivity index (χ1v) is 7.27. The molecule has 0 saturated carbocycles.